The van der Waals surface area contributed by atoms with Gasteiger partial charge in [0.05, 0.1) is 0 Å². The van der Waals surface area contributed by atoms with Crippen LogP contribution < -0.4 is 5.63 Å². The molecule has 0 aliphatic heterocycles. The molecule has 2 aromatic heterocycles. The zero-order chi connectivity index (χ0) is 15.3. The Hall–Kier alpha value is -2.81. The fourth-order valence-corrected chi connectivity index (χ4v) is 2.97. The molecule has 0 amide bonds. The van der Waals surface area contributed by atoms with E-state index in [2.05, 4.69) is 0 Å². The quantitative estimate of drug-likeness (QED) is 0.472. The molecule has 2 aromatic carbocycles. The topological polar surface area (TPSA) is 43.4 Å². The van der Waals surface area contributed by atoms with Crippen LogP contribution in [0.1, 0.15) is 11.3 Å². The molecule has 0 atom stereocenters. The van der Waals surface area contributed by atoms with Gasteiger partial charge in [-0.3, -0.25) is 0 Å². The summed E-state index contributed by atoms with van der Waals surface area (Å²) in [5.74, 6) is 0.844. The molecule has 3 heteroatoms. The van der Waals surface area contributed by atoms with Gasteiger partial charge in [0.2, 0.25) is 0 Å². The van der Waals surface area contributed by atoms with Crippen LogP contribution in [0.15, 0.2) is 62.2 Å². The fourth-order valence-electron chi connectivity index (χ4n) is 2.97. The van der Waals surface area contributed by atoms with E-state index in [1.54, 1.807) is 6.07 Å². The van der Waals surface area contributed by atoms with Crippen LogP contribution in [-0.2, 0) is 0 Å². The lowest BCUT2D eigenvalue weighted by Crippen LogP contribution is -1.99. The minimum atomic E-state index is -0.350. The van der Waals surface area contributed by atoms with Crippen LogP contribution in [0.3, 0.4) is 0 Å². The Bertz CT molecular complexity index is 1050. The number of hydrogen-bond acceptors (Lipinski definition) is 3. The molecule has 0 spiro atoms. The average molecular weight is 290 g/mol. The lowest BCUT2D eigenvalue weighted by Gasteiger charge is -2.08. The van der Waals surface area contributed by atoms with Crippen molar-refractivity contribution in [1.82, 2.24) is 0 Å². The lowest BCUT2D eigenvalue weighted by molar-refractivity contribution is 0.553. The van der Waals surface area contributed by atoms with E-state index in [0.717, 1.165) is 38.8 Å². The van der Waals surface area contributed by atoms with E-state index in [4.69, 9.17) is 8.83 Å². The first-order valence-electron chi connectivity index (χ1n) is 7.16. The molecule has 2 heterocycles. The van der Waals surface area contributed by atoms with Gasteiger partial charge in [-0.1, -0.05) is 30.3 Å². The molecule has 4 rings (SSSR count). The van der Waals surface area contributed by atoms with Crippen LogP contribution in [-0.4, -0.2) is 0 Å². The number of aryl methyl sites for hydroxylation is 2. The molecule has 0 N–H and O–H groups in total. The summed E-state index contributed by atoms with van der Waals surface area (Å²) in [5.41, 5.74) is 3.76. The van der Waals surface area contributed by atoms with Crippen LogP contribution in [0.25, 0.3) is 33.1 Å². The van der Waals surface area contributed by atoms with Crippen LogP contribution in [0.5, 0.6) is 0 Å². The van der Waals surface area contributed by atoms with Gasteiger partial charge in [-0.25, -0.2) is 4.79 Å². The predicted octanol–water partition coefficient (Wildman–Crippen LogP) is 4.82. The summed E-state index contributed by atoms with van der Waals surface area (Å²) < 4.78 is 11.2. The first-order valence-corrected chi connectivity index (χ1v) is 7.16. The van der Waals surface area contributed by atoms with E-state index in [1.165, 1.54) is 0 Å². The van der Waals surface area contributed by atoms with Gasteiger partial charge in [-0.05, 0) is 37.1 Å². The molecule has 0 saturated heterocycles. The van der Waals surface area contributed by atoms with E-state index >= 15 is 0 Å². The van der Waals surface area contributed by atoms with Crippen molar-refractivity contribution in [2.24, 2.45) is 0 Å². The summed E-state index contributed by atoms with van der Waals surface area (Å²) in [4.78, 5) is 12.0. The fraction of sp³-hybridized carbons (Fsp3) is 0.105. The van der Waals surface area contributed by atoms with Gasteiger partial charge < -0.3 is 8.83 Å². The molecule has 3 nitrogen and oxygen atoms in total. The maximum atomic E-state index is 12.0. The van der Waals surface area contributed by atoms with Crippen molar-refractivity contribution in [3.63, 3.8) is 0 Å². The standard InChI is InChI=1S/C19H14O3/c1-11-8-14-9-16-15(13-6-4-3-5-7-13)10-17(20)22-19(16)12(2)18(14)21-11/h3-10H,1-2H3. The van der Waals surface area contributed by atoms with E-state index < -0.39 is 0 Å². The van der Waals surface area contributed by atoms with Gasteiger partial charge in [-0.15, -0.1) is 0 Å². The third kappa shape index (κ3) is 1.86. The molecule has 0 saturated carbocycles. The maximum absolute atomic E-state index is 12.0. The second-order valence-electron chi connectivity index (χ2n) is 5.50. The largest absolute Gasteiger partial charge is 0.461 e. The van der Waals surface area contributed by atoms with Gasteiger partial charge in [-0.2, -0.15) is 0 Å². The Morgan fingerprint density at radius 2 is 1.64 bits per heavy atom. The SMILES string of the molecule is Cc1cc2cc3c(-c4ccccc4)cc(=O)oc3c(C)c2o1. The highest BCUT2D eigenvalue weighted by Crippen LogP contribution is 2.34. The molecule has 0 fully saturated rings. The Morgan fingerprint density at radius 1 is 0.864 bits per heavy atom. The predicted molar refractivity (Wildman–Crippen MR) is 87.2 cm³/mol. The second-order valence-corrected chi connectivity index (χ2v) is 5.50. The van der Waals surface area contributed by atoms with Crippen molar-refractivity contribution in [3.05, 3.63) is 70.3 Å². The van der Waals surface area contributed by atoms with Crippen LogP contribution in [0, 0.1) is 13.8 Å². The highest BCUT2D eigenvalue weighted by atomic mass is 16.4. The summed E-state index contributed by atoms with van der Waals surface area (Å²) in [7, 11) is 0. The number of fused-ring (bicyclic) bond motifs is 2. The molecule has 0 radical (unpaired) electrons. The molecule has 0 unspecified atom stereocenters. The number of hydrogen-bond donors (Lipinski definition) is 0. The smallest absolute Gasteiger partial charge is 0.336 e. The molecule has 0 aliphatic carbocycles. The van der Waals surface area contributed by atoms with Gasteiger partial charge in [0.15, 0.2) is 0 Å². The third-order valence-corrected chi connectivity index (χ3v) is 3.95. The second kappa shape index (κ2) is 4.60. The Morgan fingerprint density at radius 3 is 2.41 bits per heavy atom. The summed E-state index contributed by atoms with van der Waals surface area (Å²) in [6.07, 6.45) is 0. The van der Waals surface area contributed by atoms with Gasteiger partial charge in [0, 0.05) is 22.4 Å². The molecule has 22 heavy (non-hydrogen) atoms. The van der Waals surface area contributed by atoms with Gasteiger partial charge >= 0.3 is 5.63 Å². The minimum Gasteiger partial charge on any atom is -0.461 e. The van der Waals surface area contributed by atoms with Crippen molar-refractivity contribution in [2.45, 2.75) is 13.8 Å². The molecular formula is C19H14O3. The normalized spacial score (nSPS) is 11.4. The lowest BCUT2D eigenvalue weighted by atomic mass is 9.99. The van der Waals surface area contributed by atoms with Crippen LogP contribution in [0.4, 0.5) is 0 Å². The summed E-state index contributed by atoms with van der Waals surface area (Å²) >= 11 is 0. The zero-order valence-corrected chi connectivity index (χ0v) is 12.3. The molecule has 108 valence electrons. The van der Waals surface area contributed by atoms with E-state index in [1.807, 2.05) is 56.3 Å². The first-order chi connectivity index (χ1) is 10.6. The van der Waals surface area contributed by atoms with Gasteiger partial charge in [0.1, 0.15) is 16.9 Å². The first kappa shape index (κ1) is 12.9. The summed E-state index contributed by atoms with van der Waals surface area (Å²) in [6, 6.07) is 15.5. The van der Waals surface area contributed by atoms with Gasteiger partial charge in [0.25, 0.3) is 0 Å². The van der Waals surface area contributed by atoms with Crippen LogP contribution >= 0.6 is 0 Å². The number of benzene rings is 2. The number of furan rings is 1. The van der Waals surface area contributed by atoms with Crippen molar-refractivity contribution >= 4 is 21.9 Å². The van der Waals surface area contributed by atoms with E-state index in [-0.39, 0.29) is 5.63 Å². The van der Waals surface area contributed by atoms with E-state index in [9.17, 15) is 4.79 Å². The Labute approximate surface area is 126 Å². The van der Waals surface area contributed by atoms with E-state index in [0.29, 0.717) is 5.58 Å². The molecular weight excluding hydrogens is 276 g/mol. The van der Waals surface area contributed by atoms with Crippen molar-refractivity contribution in [3.8, 4) is 11.1 Å². The Balaban J connectivity index is 2.20. The Kier molecular flexibility index (Phi) is 2.70. The highest BCUT2D eigenvalue weighted by Gasteiger charge is 2.15. The average Bonchev–Trinajstić information content (AvgIpc) is 2.89. The van der Waals surface area contributed by atoms with Crippen LogP contribution in [0.2, 0.25) is 0 Å². The third-order valence-electron chi connectivity index (χ3n) is 3.95. The summed E-state index contributed by atoms with van der Waals surface area (Å²) in [5, 5.41) is 1.95. The molecule has 4 aromatic rings. The number of rotatable bonds is 1. The zero-order valence-electron chi connectivity index (χ0n) is 12.3. The highest BCUT2D eigenvalue weighted by molar-refractivity contribution is 6.03. The molecule has 0 bridgehead atoms. The minimum absolute atomic E-state index is 0.350. The molecule has 0 aliphatic rings. The summed E-state index contributed by atoms with van der Waals surface area (Å²) in [6.45, 7) is 3.84. The van der Waals surface area contributed by atoms with Crippen molar-refractivity contribution in [1.29, 1.82) is 0 Å². The monoisotopic (exact) mass is 290 g/mol. The van der Waals surface area contributed by atoms with Crippen molar-refractivity contribution < 1.29 is 8.83 Å². The van der Waals surface area contributed by atoms with Crippen molar-refractivity contribution in [2.75, 3.05) is 0 Å². The maximum Gasteiger partial charge on any atom is 0.336 e.